The highest BCUT2D eigenvalue weighted by molar-refractivity contribution is 5.79. The Morgan fingerprint density at radius 3 is 2.68 bits per heavy atom. The monoisotopic (exact) mass is 462 g/mol. The molecule has 2 atom stereocenters. The third-order valence-corrected chi connectivity index (χ3v) is 6.24. The fourth-order valence-corrected chi connectivity index (χ4v) is 4.15. The quantitative estimate of drug-likeness (QED) is 0.520. The van der Waals surface area contributed by atoms with Gasteiger partial charge in [-0.25, -0.2) is 4.98 Å². The van der Waals surface area contributed by atoms with Gasteiger partial charge in [0.1, 0.15) is 18.7 Å². The van der Waals surface area contributed by atoms with Gasteiger partial charge >= 0.3 is 5.97 Å². The van der Waals surface area contributed by atoms with Gasteiger partial charge in [0.25, 0.3) is 0 Å². The van der Waals surface area contributed by atoms with Gasteiger partial charge in [0.2, 0.25) is 5.91 Å². The molecule has 0 aliphatic carbocycles. The molecule has 1 aromatic heterocycles. The number of carboxylic acids is 1. The third-order valence-electron chi connectivity index (χ3n) is 6.24. The SMILES string of the molecule is Cc1ccccc1COc1ccc(CC(=O)N2CCCC2c2ncn(CC(C)C(=O)O)n2)cc1. The smallest absolute Gasteiger partial charge is 0.308 e. The highest BCUT2D eigenvalue weighted by atomic mass is 16.5. The number of aromatic nitrogens is 3. The molecule has 1 N–H and O–H groups in total. The van der Waals surface area contributed by atoms with Gasteiger partial charge in [0.05, 0.1) is 24.9 Å². The Kier molecular flexibility index (Phi) is 7.25. The number of ether oxygens (including phenoxy) is 1. The molecule has 2 unspecified atom stereocenters. The van der Waals surface area contributed by atoms with Crippen LogP contribution in [0.1, 0.15) is 48.3 Å². The van der Waals surface area contributed by atoms with Gasteiger partial charge in [-0.3, -0.25) is 14.3 Å². The highest BCUT2D eigenvalue weighted by Crippen LogP contribution is 2.30. The number of amides is 1. The molecule has 2 aromatic carbocycles. The molecule has 1 amide bonds. The standard InChI is InChI=1S/C26H30N4O4/c1-18-6-3-4-7-21(18)16-34-22-11-9-20(10-12-22)14-24(31)30-13-5-8-23(30)25-27-17-29(28-25)15-19(2)26(32)33/h3-4,6-7,9-12,17,19,23H,5,8,13-16H2,1-2H3,(H,32,33). The summed E-state index contributed by atoms with van der Waals surface area (Å²) in [5, 5.41) is 13.6. The summed E-state index contributed by atoms with van der Waals surface area (Å²) >= 11 is 0. The molecule has 1 aliphatic heterocycles. The molecule has 0 bridgehead atoms. The summed E-state index contributed by atoms with van der Waals surface area (Å²) in [6.07, 6.45) is 3.54. The number of carbonyl (C=O) groups excluding carboxylic acids is 1. The zero-order valence-corrected chi connectivity index (χ0v) is 19.6. The van der Waals surface area contributed by atoms with E-state index in [0.29, 0.717) is 25.4 Å². The van der Waals surface area contributed by atoms with E-state index in [1.54, 1.807) is 17.9 Å². The van der Waals surface area contributed by atoms with E-state index in [9.17, 15) is 9.59 Å². The van der Waals surface area contributed by atoms with Crippen LogP contribution < -0.4 is 4.74 Å². The number of hydrogen-bond acceptors (Lipinski definition) is 5. The lowest BCUT2D eigenvalue weighted by atomic mass is 10.1. The Bertz CT molecular complexity index is 1140. The minimum atomic E-state index is -0.874. The van der Waals surface area contributed by atoms with Crippen LogP contribution in [0.25, 0.3) is 0 Å². The second-order valence-electron chi connectivity index (χ2n) is 8.85. The van der Waals surface area contributed by atoms with Crippen molar-refractivity contribution in [3.05, 3.63) is 77.4 Å². The van der Waals surface area contributed by atoms with Crippen molar-refractivity contribution in [3.63, 3.8) is 0 Å². The molecule has 1 fully saturated rings. The lowest BCUT2D eigenvalue weighted by Crippen LogP contribution is -2.32. The molecule has 3 aromatic rings. The van der Waals surface area contributed by atoms with E-state index < -0.39 is 11.9 Å². The molecule has 0 radical (unpaired) electrons. The first-order chi connectivity index (χ1) is 16.4. The number of carboxylic acid groups (broad SMARTS) is 1. The highest BCUT2D eigenvalue weighted by Gasteiger charge is 2.32. The molecule has 8 heteroatoms. The lowest BCUT2D eigenvalue weighted by molar-refractivity contribution is -0.141. The number of carbonyl (C=O) groups is 2. The van der Waals surface area contributed by atoms with Gasteiger partial charge in [-0.05, 0) is 48.6 Å². The van der Waals surface area contributed by atoms with E-state index in [0.717, 1.165) is 29.7 Å². The van der Waals surface area contributed by atoms with Crippen LogP contribution in [0.4, 0.5) is 0 Å². The zero-order valence-electron chi connectivity index (χ0n) is 19.6. The van der Waals surface area contributed by atoms with E-state index in [4.69, 9.17) is 9.84 Å². The second kappa shape index (κ2) is 10.5. The van der Waals surface area contributed by atoms with Crippen LogP contribution in [-0.2, 0) is 29.2 Å². The van der Waals surface area contributed by atoms with Crippen LogP contribution in [-0.4, -0.2) is 43.2 Å². The van der Waals surface area contributed by atoms with Crippen molar-refractivity contribution in [3.8, 4) is 5.75 Å². The maximum absolute atomic E-state index is 13.1. The van der Waals surface area contributed by atoms with Crippen molar-refractivity contribution >= 4 is 11.9 Å². The minimum Gasteiger partial charge on any atom is -0.489 e. The Labute approximate surface area is 199 Å². The summed E-state index contributed by atoms with van der Waals surface area (Å²) in [6, 6.07) is 15.6. The van der Waals surface area contributed by atoms with Crippen molar-refractivity contribution in [1.82, 2.24) is 19.7 Å². The van der Waals surface area contributed by atoms with Gasteiger partial charge in [0.15, 0.2) is 5.82 Å². The number of nitrogens with zero attached hydrogens (tertiary/aromatic N) is 4. The van der Waals surface area contributed by atoms with Crippen LogP contribution >= 0.6 is 0 Å². The van der Waals surface area contributed by atoms with Crippen LogP contribution in [0, 0.1) is 12.8 Å². The first kappa shape index (κ1) is 23.5. The molecule has 2 heterocycles. The molecule has 178 valence electrons. The van der Waals surface area contributed by atoms with Crippen molar-refractivity contribution in [2.75, 3.05) is 6.54 Å². The normalized spacial score (nSPS) is 16.4. The summed E-state index contributed by atoms with van der Waals surface area (Å²) in [5.74, 6) is -0.0561. The van der Waals surface area contributed by atoms with Gasteiger partial charge in [-0.15, -0.1) is 0 Å². The molecular formula is C26H30N4O4. The van der Waals surface area contributed by atoms with Crippen LogP contribution in [0.3, 0.4) is 0 Å². The zero-order chi connectivity index (χ0) is 24.1. The fourth-order valence-electron chi connectivity index (χ4n) is 4.15. The predicted octanol–water partition coefficient (Wildman–Crippen LogP) is 3.79. The number of aryl methyl sites for hydroxylation is 1. The van der Waals surface area contributed by atoms with Crippen molar-refractivity contribution < 1.29 is 19.4 Å². The number of likely N-dealkylation sites (tertiary alicyclic amines) is 1. The maximum Gasteiger partial charge on any atom is 0.308 e. The molecule has 8 nitrogen and oxygen atoms in total. The second-order valence-corrected chi connectivity index (χ2v) is 8.85. The summed E-state index contributed by atoms with van der Waals surface area (Å²) < 4.78 is 7.45. The number of aliphatic carboxylic acids is 1. The van der Waals surface area contributed by atoms with Crippen LogP contribution in [0.5, 0.6) is 5.75 Å². The maximum atomic E-state index is 13.1. The number of rotatable bonds is 9. The van der Waals surface area contributed by atoms with E-state index in [-0.39, 0.29) is 18.5 Å². The molecule has 34 heavy (non-hydrogen) atoms. The van der Waals surface area contributed by atoms with E-state index in [1.165, 1.54) is 5.56 Å². The Hall–Kier alpha value is -3.68. The first-order valence-corrected chi connectivity index (χ1v) is 11.6. The van der Waals surface area contributed by atoms with Crippen molar-refractivity contribution in [2.45, 2.75) is 52.3 Å². The Balaban J connectivity index is 1.34. The molecule has 1 aliphatic rings. The first-order valence-electron chi connectivity index (χ1n) is 11.6. The van der Waals surface area contributed by atoms with Gasteiger partial charge in [-0.1, -0.05) is 43.3 Å². The molecule has 4 rings (SSSR count). The van der Waals surface area contributed by atoms with Crippen LogP contribution in [0.2, 0.25) is 0 Å². The van der Waals surface area contributed by atoms with Gasteiger partial charge in [-0.2, -0.15) is 5.10 Å². The van der Waals surface area contributed by atoms with Crippen LogP contribution in [0.15, 0.2) is 54.9 Å². The molecule has 1 saturated heterocycles. The van der Waals surface area contributed by atoms with Crippen molar-refractivity contribution in [1.29, 1.82) is 0 Å². The molecular weight excluding hydrogens is 432 g/mol. The predicted molar refractivity (Wildman–Crippen MR) is 126 cm³/mol. The molecule has 0 spiro atoms. The molecule has 0 saturated carbocycles. The van der Waals surface area contributed by atoms with E-state index in [2.05, 4.69) is 29.1 Å². The number of hydrogen-bond donors (Lipinski definition) is 1. The summed E-state index contributed by atoms with van der Waals surface area (Å²) in [7, 11) is 0. The Morgan fingerprint density at radius 2 is 1.94 bits per heavy atom. The lowest BCUT2D eigenvalue weighted by Gasteiger charge is -2.22. The largest absolute Gasteiger partial charge is 0.489 e. The number of benzene rings is 2. The van der Waals surface area contributed by atoms with Gasteiger partial charge < -0.3 is 14.7 Å². The van der Waals surface area contributed by atoms with Gasteiger partial charge in [0, 0.05) is 6.54 Å². The van der Waals surface area contributed by atoms with E-state index >= 15 is 0 Å². The fraction of sp³-hybridized carbons (Fsp3) is 0.385. The summed E-state index contributed by atoms with van der Waals surface area (Å²) in [5.41, 5.74) is 3.27. The van der Waals surface area contributed by atoms with E-state index in [1.807, 2.05) is 41.3 Å². The summed E-state index contributed by atoms with van der Waals surface area (Å²) in [6.45, 7) is 5.12. The summed E-state index contributed by atoms with van der Waals surface area (Å²) in [4.78, 5) is 30.4. The Morgan fingerprint density at radius 1 is 1.18 bits per heavy atom. The third kappa shape index (κ3) is 5.62. The minimum absolute atomic E-state index is 0.0336. The average molecular weight is 463 g/mol. The topological polar surface area (TPSA) is 97.6 Å². The average Bonchev–Trinajstić information content (AvgIpc) is 3.49. The van der Waals surface area contributed by atoms with Crippen molar-refractivity contribution in [2.24, 2.45) is 5.92 Å².